The second-order valence-corrected chi connectivity index (χ2v) is 8.95. The number of carbonyl (C=O) groups excluding carboxylic acids is 1. The van der Waals surface area contributed by atoms with Crippen molar-refractivity contribution >= 4 is 16.0 Å². The van der Waals surface area contributed by atoms with E-state index in [1.165, 1.54) is 0 Å². The van der Waals surface area contributed by atoms with E-state index in [1.54, 1.807) is 23.1 Å². The highest BCUT2D eigenvalue weighted by molar-refractivity contribution is 7.90. The van der Waals surface area contributed by atoms with Gasteiger partial charge in [0.15, 0.2) is 0 Å². The topological polar surface area (TPSA) is 111 Å². The molecule has 0 aromatic carbocycles. The Bertz CT molecular complexity index is 882. The highest BCUT2D eigenvalue weighted by Crippen LogP contribution is 2.37. The third-order valence-corrected chi connectivity index (χ3v) is 6.67. The third-order valence-electron chi connectivity index (χ3n) is 5.72. The molecule has 8 nitrogen and oxygen atoms in total. The van der Waals surface area contributed by atoms with Gasteiger partial charge in [-0.3, -0.25) is 9.35 Å². The number of allylic oxidation sites excluding steroid dienone is 3. The van der Waals surface area contributed by atoms with Crippen LogP contribution in [0.5, 0.6) is 0 Å². The molecule has 0 spiro atoms. The minimum atomic E-state index is -4.56. The molecule has 4 N–H and O–H groups in total. The number of piperidine rings is 1. The number of amides is 1. The Morgan fingerprint density at radius 2 is 2.11 bits per heavy atom. The zero-order valence-corrected chi connectivity index (χ0v) is 16.5. The summed E-state index contributed by atoms with van der Waals surface area (Å²) in [6.07, 6.45) is 11.0. The molecule has 1 unspecified atom stereocenters. The summed E-state index contributed by atoms with van der Waals surface area (Å²) >= 11 is 0. The van der Waals surface area contributed by atoms with E-state index < -0.39 is 16.0 Å². The lowest BCUT2D eigenvalue weighted by Gasteiger charge is -2.33. The number of nitrogens with one attached hydrogen (secondary N) is 3. The molecule has 1 atom stereocenters. The highest BCUT2D eigenvalue weighted by atomic mass is 32.2. The van der Waals surface area contributed by atoms with Crippen molar-refractivity contribution in [2.45, 2.75) is 31.7 Å². The van der Waals surface area contributed by atoms with Gasteiger partial charge in [0.05, 0.1) is 17.3 Å². The normalized spacial score (nSPS) is 24.5. The third kappa shape index (κ3) is 3.74. The second kappa shape index (κ2) is 7.73. The van der Waals surface area contributed by atoms with E-state index in [2.05, 4.69) is 16.0 Å². The fraction of sp³-hybridized carbons (Fsp3) is 0.526. The van der Waals surface area contributed by atoms with Crippen LogP contribution in [0.4, 0.5) is 0 Å². The first kappa shape index (κ1) is 19.2. The van der Waals surface area contributed by atoms with Gasteiger partial charge in [-0.15, -0.1) is 0 Å². The van der Waals surface area contributed by atoms with Gasteiger partial charge in [-0.2, -0.15) is 8.42 Å². The van der Waals surface area contributed by atoms with Crippen LogP contribution < -0.4 is 16.0 Å². The van der Waals surface area contributed by atoms with Gasteiger partial charge in [0.25, 0.3) is 16.0 Å². The summed E-state index contributed by atoms with van der Waals surface area (Å²) < 4.78 is 34.0. The molecular formula is C19H26N4O4S. The molecule has 0 saturated carbocycles. The van der Waals surface area contributed by atoms with Crippen LogP contribution in [0.15, 0.2) is 46.3 Å². The van der Waals surface area contributed by atoms with Crippen LogP contribution in [0.1, 0.15) is 25.7 Å². The number of carbonyl (C=O) groups is 1. The predicted octanol–water partition coefficient (Wildman–Crippen LogP) is 0.607. The first-order valence-corrected chi connectivity index (χ1v) is 11.2. The van der Waals surface area contributed by atoms with Crippen molar-refractivity contribution in [2.24, 2.45) is 5.92 Å². The summed E-state index contributed by atoms with van der Waals surface area (Å²) in [5.41, 5.74) is 0.354. The Morgan fingerprint density at radius 1 is 1.32 bits per heavy atom. The summed E-state index contributed by atoms with van der Waals surface area (Å²) in [4.78, 5) is 14.3. The van der Waals surface area contributed by atoms with E-state index in [0.717, 1.165) is 44.6 Å². The maximum absolute atomic E-state index is 12.8. The van der Waals surface area contributed by atoms with Crippen molar-refractivity contribution in [1.29, 1.82) is 0 Å². The summed E-state index contributed by atoms with van der Waals surface area (Å²) in [7, 11) is -4.56. The molecule has 9 heteroatoms. The van der Waals surface area contributed by atoms with E-state index >= 15 is 0 Å². The molecule has 4 aliphatic heterocycles. The van der Waals surface area contributed by atoms with Crippen molar-refractivity contribution in [3.63, 3.8) is 0 Å². The minimum Gasteiger partial charge on any atom is -0.369 e. The van der Waals surface area contributed by atoms with Crippen molar-refractivity contribution in [3.8, 4) is 0 Å². The van der Waals surface area contributed by atoms with Gasteiger partial charge in [0, 0.05) is 13.1 Å². The van der Waals surface area contributed by atoms with Gasteiger partial charge in [-0.1, -0.05) is 6.08 Å². The molecule has 1 amide bonds. The van der Waals surface area contributed by atoms with Gasteiger partial charge >= 0.3 is 0 Å². The first-order chi connectivity index (χ1) is 13.4. The van der Waals surface area contributed by atoms with Gasteiger partial charge in [0.1, 0.15) is 10.7 Å². The largest absolute Gasteiger partial charge is 0.369 e. The van der Waals surface area contributed by atoms with E-state index in [4.69, 9.17) is 0 Å². The SMILES string of the molecule is O=C(NCCCC1CCNCC1)C1=CC2CNC3=CC=CC(=C1S(=O)(=O)O)N32. The maximum atomic E-state index is 12.8. The molecule has 0 aliphatic carbocycles. The van der Waals surface area contributed by atoms with E-state index in [1.807, 2.05) is 6.08 Å². The predicted molar refractivity (Wildman–Crippen MR) is 105 cm³/mol. The molecule has 0 aromatic heterocycles. The quantitative estimate of drug-likeness (QED) is 0.378. The average molecular weight is 407 g/mol. The molecule has 2 saturated heterocycles. The molecule has 2 fully saturated rings. The van der Waals surface area contributed by atoms with Crippen LogP contribution in [-0.2, 0) is 14.9 Å². The fourth-order valence-corrected chi connectivity index (χ4v) is 5.22. The van der Waals surface area contributed by atoms with Crippen LogP contribution in [0, 0.1) is 5.92 Å². The van der Waals surface area contributed by atoms with Crippen molar-refractivity contribution in [3.05, 3.63) is 46.3 Å². The van der Waals surface area contributed by atoms with Crippen molar-refractivity contribution in [1.82, 2.24) is 20.9 Å². The number of hydrogen-bond acceptors (Lipinski definition) is 6. The molecular weight excluding hydrogens is 380 g/mol. The molecule has 0 aromatic rings. The van der Waals surface area contributed by atoms with Crippen LogP contribution in [0.3, 0.4) is 0 Å². The van der Waals surface area contributed by atoms with Crippen molar-refractivity contribution in [2.75, 3.05) is 26.2 Å². The van der Waals surface area contributed by atoms with Gasteiger partial charge in [-0.05, 0) is 62.9 Å². The fourth-order valence-electron chi connectivity index (χ4n) is 4.36. The van der Waals surface area contributed by atoms with Gasteiger partial charge in [-0.25, -0.2) is 0 Å². The highest BCUT2D eigenvalue weighted by Gasteiger charge is 2.41. The zero-order valence-electron chi connectivity index (χ0n) is 15.6. The molecule has 4 aliphatic rings. The summed E-state index contributed by atoms with van der Waals surface area (Å²) in [5, 5.41) is 9.37. The van der Waals surface area contributed by atoms with Crippen LogP contribution >= 0.6 is 0 Å². The van der Waals surface area contributed by atoms with Crippen LogP contribution in [-0.4, -0.2) is 56.0 Å². The Hall–Kier alpha value is -2.10. The molecule has 4 rings (SSSR count). The maximum Gasteiger partial charge on any atom is 0.297 e. The minimum absolute atomic E-state index is 0.0233. The average Bonchev–Trinajstić information content (AvgIpc) is 3.09. The summed E-state index contributed by atoms with van der Waals surface area (Å²) in [6.45, 7) is 3.15. The Labute approximate surface area is 165 Å². The van der Waals surface area contributed by atoms with Gasteiger partial charge < -0.3 is 20.9 Å². The molecule has 0 bridgehead atoms. The lowest BCUT2D eigenvalue weighted by atomic mass is 9.93. The van der Waals surface area contributed by atoms with E-state index in [9.17, 15) is 17.8 Å². The van der Waals surface area contributed by atoms with E-state index in [-0.39, 0.29) is 16.5 Å². The Kier molecular flexibility index (Phi) is 5.31. The Balaban J connectivity index is 1.47. The lowest BCUT2D eigenvalue weighted by Crippen LogP contribution is -2.38. The first-order valence-electron chi connectivity index (χ1n) is 9.79. The number of rotatable bonds is 6. The smallest absolute Gasteiger partial charge is 0.297 e. The molecule has 0 radical (unpaired) electrons. The molecule has 4 heterocycles. The molecule has 28 heavy (non-hydrogen) atoms. The number of nitrogens with zero attached hydrogens (tertiary/aromatic N) is 1. The number of hydrogen-bond donors (Lipinski definition) is 4. The van der Waals surface area contributed by atoms with E-state index in [0.29, 0.717) is 24.7 Å². The lowest BCUT2D eigenvalue weighted by molar-refractivity contribution is -0.117. The second-order valence-electron chi connectivity index (χ2n) is 7.59. The zero-order chi connectivity index (χ0) is 19.7. The van der Waals surface area contributed by atoms with Gasteiger partial charge in [0.2, 0.25) is 0 Å². The van der Waals surface area contributed by atoms with Crippen LogP contribution in [0.25, 0.3) is 0 Å². The summed E-state index contributed by atoms with van der Waals surface area (Å²) in [6, 6.07) is -0.160. The monoisotopic (exact) mass is 406 g/mol. The summed E-state index contributed by atoms with van der Waals surface area (Å²) in [5.74, 6) is 0.987. The standard InChI is InChI=1S/C19H26N4O4S/c24-19(21-8-2-3-13-6-9-20-10-7-13)15-11-14-12-22-17-5-1-4-16(23(14)17)18(15)28(25,26)27/h1,4-5,11,13-14,20,22H,2-3,6-10,12H2,(H,21,24)(H,25,26,27). The van der Waals surface area contributed by atoms with Crippen LogP contribution in [0.2, 0.25) is 0 Å². The molecule has 152 valence electrons. The Morgan fingerprint density at radius 3 is 2.86 bits per heavy atom. The van der Waals surface area contributed by atoms with Crippen molar-refractivity contribution < 1.29 is 17.8 Å².